The summed E-state index contributed by atoms with van der Waals surface area (Å²) in [5.41, 5.74) is 0.431. The highest BCUT2D eigenvalue weighted by Gasteiger charge is 2.09. The van der Waals surface area contributed by atoms with Crippen molar-refractivity contribution >= 4 is 12.6 Å². The van der Waals surface area contributed by atoms with Crippen LogP contribution in [0.25, 0.3) is 0 Å². The Bertz CT molecular complexity index is 490. The molecule has 0 amide bonds. The zero-order chi connectivity index (χ0) is 13.5. The lowest BCUT2D eigenvalue weighted by atomic mass is 9.80. The molecule has 0 saturated carbocycles. The van der Waals surface area contributed by atoms with Crippen molar-refractivity contribution < 1.29 is 19.5 Å². The van der Waals surface area contributed by atoms with Gasteiger partial charge in [0, 0.05) is 12.4 Å². The molecule has 1 aromatic heterocycles. The van der Waals surface area contributed by atoms with Crippen LogP contribution in [-0.2, 0) is 0 Å². The average Bonchev–Trinajstić information content (AvgIpc) is 2.45. The lowest BCUT2D eigenvalue weighted by Crippen LogP contribution is -2.29. The SMILES string of the molecule is OB(O)c1ccc(OCCOc2ccncc2)cc1. The Labute approximate surface area is 111 Å². The summed E-state index contributed by atoms with van der Waals surface area (Å²) in [6, 6.07) is 10.1. The zero-order valence-corrected chi connectivity index (χ0v) is 10.3. The van der Waals surface area contributed by atoms with E-state index in [0.717, 1.165) is 5.75 Å². The van der Waals surface area contributed by atoms with Crippen molar-refractivity contribution in [2.45, 2.75) is 0 Å². The highest BCUT2D eigenvalue weighted by atomic mass is 16.5. The van der Waals surface area contributed by atoms with E-state index in [2.05, 4.69) is 4.98 Å². The maximum absolute atomic E-state index is 8.94. The normalized spacial score (nSPS) is 10.0. The quantitative estimate of drug-likeness (QED) is 0.573. The van der Waals surface area contributed by atoms with E-state index in [1.165, 1.54) is 0 Å². The first-order valence-electron chi connectivity index (χ1n) is 5.87. The first-order chi connectivity index (χ1) is 9.25. The second-order valence-electron chi connectivity index (χ2n) is 3.82. The number of pyridine rings is 1. The Kier molecular flexibility index (Phi) is 4.77. The smallest absolute Gasteiger partial charge is 0.488 e. The van der Waals surface area contributed by atoms with Crippen LogP contribution in [0.5, 0.6) is 11.5 Å². The van der Waals surface area contributed by atoms with Crippen molar-refractivity contribution in [3.05, 3.63) is 48.8 Å². The summed E-state index contributed by atoms with van der Waals surface area (Å²) in [5.74, 6) is 1.40. The van der Waals surface area contributed by atoms with Crippen LogP contribution in [0.3, 0.4) is 0 Å². The van der Waals surface area contributed by atoms with E-state index in [4.69, 9.17) is 19.5 Å². The molecule has 5 nitrogen and oxygen atoms in total. The number of aromatic nitrogens is 1. The fourth-order valence-corrected chi connectivity index (χ4v) is 1.49. The van der Waals surface area contributed by atoms with E-state index in [-0.39, 0.29) is 0 Å². The molecule has 0 aliphatic carbocycles. The predicted octanol–water partition coefficient (Wildman–Crippen LogP) is 0.219. The lowest BCUT2D eigenvalue weighted by Gasteiger charge is -2.08. The van der Waals surface area contributed by atoms with Crippen LogP contribution in [-0.4, -0.2) is 35.4 Å². The van der Waals surface area contributed by atoms with Gasteiger partial charge in [-0.25, -0.2) is 0 Å². The molecular formula is C13H14BNO4. The van der Waals surface area contributed by atoms with Crippen LogP contribution in [0.1, 0.15) is 0 Å². The monoisotopic (exact) mass is 259 g/mol. The minimum Gasteiger partial charge on any atom is -0.490 e. The van der Waals surface area contributed by atoms with E-state index >= 15 is 0 Å². The predicted molar refractivity (Wildman–Crippen MR) is 71.5 cm³/mol. The fourth-order valence-electron chi connectivity index (χ4n) is 1.49. The Balaban J connectivity index is 1.74. The maximum Gasteiger partial charge on any atom is 0.488 e. The number of nitrogens with zero attached hydrogens (tertiary/aromatic N) is 1. The van der Waals surface area contributed by atoms with Gasteiger partial charge in [-0.2, -0.15) is 0 Å². The second-order valence-corrected chi connectivity index (χ2v) is 3.82. The van der Waals surface area contributed by atoms with Crippen LogP contribution < -0.4 is 14.9 Å². The molecule has 0 radical (unpaired) electrons. The van der Waals surface area contributed by atoms with E-state index in [9.17, 15) is 0 Å². The summed E-state index contributed by atoms with van der Waals surface area (Å²) >= 11 is 0. The van der Waals surface area contributed by atoms with Gasteiger partial charge in [0.05, 0.1) is 0 Å². The fraction of sp³-hybridized carbons (Fsp3) is 0.154. The Hall–Kier alpha value is -2.05. The van der Waals surface area contributed by atoms with Gasteiger partial charge in [-0.3, -0.25) is 4.98 Å². The van der Waals surface area contributed by atoms with Gasteiger partial charge < -0.3 is 19.5 Å². The molecule has 0 atom stereocenters. The summed E-state index contributed by atoms with van der Waals surface area (Å²) in [5, 5.41) is 17.9. The van der Waals surface area contributed by atoms with Crippen molar-refractivity contribution in [3.63, 3.8) is 0 Å². The molecule has 0 unspecified atom stereocenters. The topological polar surface area (TPSA) is 71.8 Å². The minimum absolute atomic E-state index is 0.406. The molecule has 2 N–H and O–H groups in total. The first-order valence-corrected chi connectivity index (χ1v) is 5.87. The molecule has 0 aliphatic heterocycles. The van der Waals surface area contributed by atoms with Crippen LogP contribution in [0, 0.1) is 0 Å². The molecule has 2 aromatic rings. The standard InChI is InChI=1S/C13H14BNO4/c16-14(17)11-1-3-12(4-2-11)18-9-10-19-13-5-7-15-8-6-13/h1-8,16-17H,9-10H2. The van der Waals surface area contributed by atoms with Gasteiger partial charge in [0.2, 0.25) is 0 Å². The van der Waals surface area contributed by atoms with Gasteiger partial charge >= 0.3 is 7.12 Å². The largest absolute Gasteiger partial charge is 0.490 e. The minimum atomic E-state index is -1.45. The summed E-state index contributed by atoms with van der Waals surface area (Å²) in [6.07, 6.45) is 3.32. The molecule has 2 rings (SSSR count). The number of benzene rings is 1. The number of hydrogen-bond acceptors (Lipinski definition) is 5. The molecule has 98 valence electrons. The number of ether oxygens (including phenoxy) is 2. The van der Waals surface area contributed by atoms with Crippen LogP contribution >= 0.6 is 0 Å². The molecular weight excluding hydrogens is 245 g/mol. The van der Waals surface area contributed by atoms with Gasteiger partial charge in [-0.05, 0) is 29.7 Å². The van der Waals surface area contributed by atoms with Crippen LogP contribution in [0.15, 0.2) is 48.8 Å². The molecule has 0 spiro atoms. The van der Waals surface area contributed by atoms with Gasteiger partial charge in [-0.1, -0.05) is 12.1 Å². The van der Waals surface area contributed by atoms with Crippen molar-refractivity contribution in [3.8, 4) is 11.5 Å². The molecule has 6 heteroatoms. The maximum atomic E-state index is 8.94. The summed E-state index contributed by atoms with van der Waals surface area (Å²) in [4.78, 5) is 3.89. The van der Waals surface area contributed by atoms with Gasteiger partial charge in [-0.15, -0.1) is 0 Å². The van der Waals surface area contributed by atoms with E-state index in [1.54, 1.807) is 48.8 Å². The third-order valence-corrected chi connectivity index (χ3v) is 2.45. The van der Waals surface area contributed by atoms with Crippen LogP contribution in [0.4, 0.5) is 0 Å². The molecule has 0 saturated heterocycles. The van der Waals surface area contributed by atoms with Gasteiger partial charge in [0.1, 0.15) is 24.7 Å². The first kappa shape index (κ1) is 13.4. The highest BCUT2D eigenvalue weighted by Crippen LogP contribution is 2.09. The second kappa shape index (κ2) is 6.77. The Morgan fingerprint density at radius 3 is 1.89 bits per heavy atom. The van der Waals surface area contributed by atoms with Gasteiger partial charge in [0.15, 0.2) is 0 Å². The van der Waals surface area contributed by atoms with E-state index in [1.807, 2.05) is 0 Å². The van der Waals surface area contributed by atoms with Crippen molar-refractivity contribution in [1.82, 2.24) is 4.98 Å². The lowest BCUT2D eigenvalue weighted by molar-refractivity contribution is 0.217. The molecule has 19 heavy (non-hydrogen) atoms. The summed E-state index contributed by atoms with van der Waals surface area (Å²) in [7, 11) is -1.45. The Morgan fingerprint density at radius 1 is 0.842 bits per heavy atom. The van der Waals surface area contributed by atoms with Crippen molar-refractivity contribution in [2.24, 2.45) is 0 Å². The van der Waals surface area contributed by atoms with Crippen molar-refractivity contribution in [2.75, 3.05) is 13.2 Å². The number of rotatable bonds is 6. The average molecular weight is 259 g/mol. The molecule has 0 fully saturated rings. The van der Waals surface area contributed by atoms with Gasteiger partial charge in [0.25, 0.3) is 0 Å². The third kappa shape index (κ3) is 4.28. The number of hydrogen-bond donors (Lipinski definition) is 2. The summed E-state index contributed by atoms with van der Waals surface area (Å²) < 4.78 is 10.9. The highest BCUT2D eigenvalue weighted by molar-refractivity contribution is 6.58. The molecule has 1 heterocycles. The third-order valence-electron chi connectivity index (χ3n) is 2.45. The van der Waals surface area contributed by atoms with Crippen LogP contribution in [0.2, 0.25) is 0 Å². The van der Waals surface area contributed by atoms with E-state index < -0.39 is 7.12 Å². The zero-order valence-electron chi connectivity index (χ0n) is 10.3. The molecule has 0 aliphatic rings. The van der Waals surface area contributed by atoms with E-state index in [0.29, 0.717) is 24.4 Å². The summed E-state index contributed by atoms with van der Waals surface area (Å²) in [6.45, 7) is 0.831. The molecule has 0 bridgehead atoms. The molecule has 1 aromatic carbocycles. The van der Waals surface area contributed by atoms with Crippen molar-refractivity contribution in [1.29, 1.82) is 0 Å². The Morgan fingerprint density at radius 2 is 1.37 bits per heavy atom.